The molecular formula is C19H28ClN3O2. The van der Waals surface area contributed by atoms with E-state index in [2.05, 4.69) is 17.1 Å². The normalized spacial score (nSPS) is 16.0. The van der Waals surface area contributed by atoms with E-state index in [-0.39, 0.29) is 11.9 Å². The highest BCUT2D eigenvalue weighted by atomic mass is 35.5. The van der Waals surface area contributed by atoms with Crippen molar-refractivity contribution in [3.05, 3.63) is 34.9 Å². The molecule has 6 heteroatoms. The average molecular weight is 366 g/mol. The predicted octanol–water partition coefficient (Wildman–Crippen LogP) is 3.12. The average Bonchev–Trinajstić information content (AvgIpc) is 2.63. The molecule has 1 fully saturated rings. The Morgan fingerprint density at radius 3 is 2.68 bits per heavy atom. The number of nitrogens with zero attached hydrogens (tertiary/aromatic N) is 2. The molecule has 1 N–H and O–H groups in total. The molecule has 0 spiro atoms. The molecule has 0 unspecified atom stereocenters. The number of carbonyl (C=O) groups is 1. The summed E-state index contributed by atoms with van der Waals surface area (Å²) in [5.74, 6) is 0.863. The second kappa shape index (κ2) is 10.3. The van der Waals surface area contributed by atoms with Gasteiger partial charge in [-0.1, -0.05) is 29.8 Å². The summed E-state index contributed by atoms with van der Waals surface area (Å²) >= 11 is 6.20. The maximum atomic E-state index is 11.9. The number of hydrogen-bond donors (Lipinski definition) is 1. The molecule has 0 atom stereocenters. The van der Waals surface area contributed by atoms with Crippen molar-refractivity contribution in [2.45, 2.75) is 33.1 Å². The van der Waals surface area contributed by atoms with Crippen molar-refractivity contribution < 1.29 is 9.53 Å². The quantitative estimate of drug-likeness (QED) is 0.478. The number of guanidine groups is 1. The van der Waals surface area contributed by atoms with Crippen LogP contribution in [0.4, 0.5) is 0 Å². The summed E-state index contributed by atoms with van der Waals surface area (Å²) in [6.07, 6.45) is 2.44. The summed E-state index contributed by atoms with van der Waals surface area (Å²) in [6.45, 7) is 7.51. The largest absolute Gasteiger partial charge is 0.466 e. The third-order valence-corrected chi connectivity index (χ3v) is 4.72. The van der Waals surface area contributed by atoms with Crippen molar-refractivity contribution in [1.29, 1.82) is 0 Å². The van der Waals surface area contributed by atoms with Crippen LogP contribution in [0, 0.1) is 5.92 Å². The van der Waals surface area contributed by atoms with Crippen LogP contribution in [0.1, 0.15) is 32.3 Å². The fraction of sp³-hybridized carbons (Fsp3) is 0.579. The van der Waals surface area contributed by atoms with Crippen LogP contribution >= 0.6 is 11.6 Å². The van der Waals surface area contributed by atoms with Crippen LogP contribution in [0.5, 0.6) is 0 Å². The maximum absolute atomic E-state index is 11.9. The van der Waals surface area contributed by atoms with Gasteiger partial charge in [0.2, 0.25) is 0 Å². The number of ether oxygens (including phenoxy) is 1. The maximum Gasteiger partial charge on any atom is 0.309 e. The number of halogens is 1. The fourth-order valence-electron chi connectivity index (χ4n) is 3.00. The number of nitrogens with one attached hydrogen (secondary N) is 1. The second-order valence-corrected chi connectivity index (χ2v) is 6.50. The number of carbonyl (C=O) groups excluding carboxylic acids is 1. The zero-order chi connectivity index (χ0) is 18.1. The molecule has 1 aliphatic heterocycles. The Morgan fingerprint density at radius 2 is 2.04 bits per heavy atom. The molecule has 0 aliphatic carbocycles. The minimum Gasteiger partial charge on any atom is -0.466 e. The highest BCUT2D eigenvalue weighted by molar-refractivity contribution is 6.31. The minimum absolute atomic E-state index is 0.0159. The predicted molar refractivity (Wildman–Crippen MR) is 102 cm³/mol. The first-order chi connectivity index (χ1) is 12.2. The van der Waals surface area contributed by atoms with Gasteiger partial charge in [-0.15, -0.1) is 0 Å². The number of esters is 1. The molecule has 5 nitrogen and oxygen atoms in total. The molecule has 1 aromatic rings. The van der Waals surface area contributed by atoms with Gasteiger partial charge in [0, 0.05) is 31.2 Å². The van der Waals surface area contributed by atoms with Gasteiger partial charge in [0.05, 0.1) is 12.5 Å². The molecular weight excluding hydrogens is 338 g/mol. The Hall–Kier alpha value is -1.75. The molecule has 138 valence electrons. The van der Waals surface area contributed by atoms with Gasteiger partial charge < -0.3 is 15.0 Å². The monoisotopic (exact) mass is 365 g/mol. The summed E-state index contributed by atoms with van der Waals surface area (Å²) < 4.78 is 5.13. The lowest BCUT2D eigenvalue weighted by atomic mass is 9.97. The van der Waals surface area contributed by atoms with E-state index in [0.29, 0.717) is 13.2 Å². The van der Waals surface area contributed by atoms with Crippen LogP contribution in [-0.2, 0) is 16.0 Å². The lowest BCUT2D eigenvalue weighted by Gasteiger charge is -2.33. The molecule has 1 saturated heterocycles. The van der Waals surface area contributed by atoms with Gasteiger partial charge in [-0.25, -0.2) is 0 Å². The van der Waals surface area contributed by atoms with Gasteiger partial charge >= 0.3 is 5.97 Å². The first-order valence-electron chi connectivity index (χ1n) is 9.09. The van der Waals surface area contributed by atoms with Crippen LogP contribution in [0.25, 0.3) is 0 Å². The van der Waals surface area contributed by atoms with E-state index in [1.807, 2.05) is 31.2 Å². The summed E-state index contributed by atoms with van der Waals surface area (Å²) in [5, 5.41) is 4.14. The van der Waals surface area contributed by atoms with E-state index in [0.717, 1.165) is 55.4 Å². The third kappa shape index (κ3) is 5.92. The highest BCUT2D eigenvalue weighted by Gasteiger charge is 2.27. The van der Waals surface area contributed by atoms with Gasteiger partial charge in [-0.05, 0) is 44.7 Å². The van der Waals surface area contributed by atoms with E-state index in [4.69, 9.17) is 21.3 Å². The number of aliphatic imine (C=N–C) groups is 1. The van der Waals surface area contributed by atoms with E-state index >= 15 is 0 Å². The Kier molecular flexibility index (Phi) is 8.06. The Labute approximate surface area is 155 Å². The standard InChI is InChI=1S/C19H28ClN3O2/c1-3-21-19(22-12-9-15-7-5-6-8-17(15)20)23-13-10-16(11-14-23)18(24)25-4-2/h5-8,16H,3-4,9-14H2,1-2H3,(H,21,22). The Bertz CT molecular complexity index is 584. The molecule has 0 bridgehead atoms. The lowest BCUT2D eigenvalue weighted by molar-refractivity contribution is -0.149. The fourth-order valence-corrected chi connectivity index (χ4v) is 3.23. The van der Waals surface area contributed by atoms with Crippen LogP contribution < -0.4 is 5.32 Å². The number of piperidine rings is 1. The number of rotatable bonds is 6. The molecule has 0 radical (unpaired) electrons. The zero-order valence-electron chi connectivity index (χ0n) is 15.1. The second-order valence-electron chi connectivity index (χ2n) is 6.09. The lowest BCUT2D eigenvalue weighted by Crippen LogP contribution is -2.46. The summed E-state index contributed by atoms with van der Waals surface area (Å²) in [7, 11) is 0. The zero-order valence-corrected chi connectivity index (χ0v) is 15.9. The van der Waals surface area contributed by atoms with Gasteiger partial charge in [0.25, 0.3) is 0 Å². The van der Waals surface area contributed by atoms with Crippen LogP contribution in [0.15, 0.2) is 29.3 Å². The molecule has 25 heavy (non-hydrogen) atoms. The Morgan fingerprint density at radius 1 is 1.32 bits per heavy atom. The van der Waals surface area contributed by atoms with Crippen molar-refractivity contribution in [2.75, 3.05) is 32.8 Å². The van der Waals surface area contributed by atoms with Gasteiger partial charge in [-0.3, -0.25) is 9.79 Å². The van der Waals surface area contributed by atoms with Crippen molar-refractivity contribution in [3.63, 3.8) is 0 Å². The third-order valence-electron chi connectivity index (χ3n) is 4.35. The molecule has 0 saturated carbocycles. The molecule has 0 amide bonds. The number of benzene rings is 1. The SMILES string of the molecule is CCNC(=NCCc1ccccc1Cl)N1CCC(C(=O)OCC)CC1. The van der Waals surface area contributed by atoms with E-state index in [9.17, 15) is 4.79 Å². The molecule has 2 rings (SSSR count). The summed E-state index contributed by atoms with van der Waals surface area (Å²) in [6, 6.07) is 7.88. The molecule has 0 aromatic heterocycles. The van der Waals surface area contributed by atoms with Crippen molar-refractivity contribution >= 4 is 23.5 Å². The number of hydrogen-bond acceptors (Lipinski definition) is 3. The van der Waals surface area contributed by atoms with Crippen molar-refractivity contribution in [1.82, 2.24) is 10.2 Å². The first kappa shape index (κ1) is 19.6. The van der Waals surface area contributed by atoms with Crippen molar-refractivity contribution in [3.8, 4) is 0 Å². The van der Waals surface area contributed by atoms with Crippen LogP contribution in [0.3, 0.4) is 0 Å². The van der Waals surface area contributed by atoms with E-state index in [1.165, 1.54) is 0 Å². The van der Waals surface area contributed by atoms with Gasteiger partial charge in [0.15, 0.2) is 5.96 Å². The topological polar surface area (TPSA) is 53.9 Å². The van der Waals surface area contributed by atoms with Gasteiger partial charge in [0.1, 0.15) is 0 Å². The van der Waals surface area contributed by atoms with Crippen molar-refractivity contribution in [2.24, 2.45) is 10.9 Å². The summed E-state index contributed by atoms with van der Waals surface area (Å²) in [5.41, 5.74) is 1.12. The highest BCUT2D eigenvalue weighted by Crippen LogP contribution is 2.19. The van der Waals surface area contributed by atoms with Crippen LogP contribution in [0.2, 0.25) is 5.02 Å². The minimum atomic E-state index is -0.0668. The number of likely N-dealkylation sites (tertiary alicyclic amines) is 1. The Balaban J connectivity index is 1.90. The molecule has 1 aliphatic rings. The van der Waals surface area contributed by atoms with Gasteiger partial charge in [-0.2, -0.15) is 0 Å². The first-order valence-corrected chi connectivity index (χ1v) is 9.46. The van der Waals surface area contributed by atoms with E-state index < -0.39 is 0 Å². The van der Waals surface area contributed by atoms with Crippen LogP contribution in [-0.4, -0.2) is 49.6 Å². The smallest absolute Gasteiger partial charge is 0.309 e. The summed E-state index contributed by atoms with van der Waals surface area (Å²) in [4.78, 5) is 18.8. The van der Waals surface area contributed by atoms with E-state index in [1.54, 1.807) is 0 Å². The molecule has 1 heterocycles. The molecule has 1 aromatic carbocycles.